The predicted molar refractivity (Wildman–Crippen MR) is 67.2 cm³/mol. The molecule has 3 nitrogen and oxygen atoms in total. The van der Waals surface area contributed by atoms with Crippen molar-refractivity contribution in [1.29, 1.82) is 0 Å². The molecule has 1 amide bonds. The Labute approximate surface area is 104 Å². The summed E-state index contributed by atoms with van der Waals surface area (Å²) in [5.74, 6) is -0.0217. The van der Waals surface area contributed by atoms with Crippen molar-refractivity contribution in [1.82, 2.24) is 5.32 Å². The second kappa shape index (κ2) is 4.97. The number of amides is 1. The van der Waals surface area contributed by atoms with Gasteiger partial charge in [-0.25, -0.2) is 0 Å². The molecule has 1 aromatic carbocycles. The van der Waals surface area contributed by atoms with E-state index in [1.54, 1.807) is 0 Å². The molecule has 0 saturated heterocycles. The number of hydrogen-bond acceptors (Lipinski definition) is 2. The van der Waals surface area contributed by atoms with Gasteiger partial charge in [-0.15, -0.1) is 0 Å². The zero-order valence-electron chi connectivity index (χ0n) is 8.95. The van der Waals surface area contributed by atoms with Gasteiger partial charge in [0.1, 0.15) is 0 Å². The maximum Gasteiger partial charge on any atom is 0.252 e. The fourth-order valence-electron chi connectivity index (χ4n) is 2.06. The number of hydrogen-bond donors (Lipinski definition) is 2. The number of rotatable bonds is 2. The topological polar surface area (TPSA) is 55.1 Å². The van der Waals surface area contributed by atoms with Gasteiger partial charge in [-0.05, 0) is 47.3 Å². The first-order valence-corrected chi connectivity index (χ1v) is 6.27. The van der Waals surface area contributed by atoms with Crippen LogP contribution in [0.15, 0.2) is 28.7 Å². The highest BCUT2D eigenvalue weighted by Gasteiger charge is 2.23. The van der Waals surface area contributed by atoms with E-state index in [2.05, 4.69) is 21.2 Å². The van der Waals surface area contributed by atoms with Crippen LogP contribution in [0.4, 0.5) is 0 Å². The lowest BCUT2D eigenvalue weighted by Gasteiger charge is -2.13. The first kappa shape index (κ1) is 11.6. The molecule has 0 heterocycles. The van der Waals surface area contributed by atoms with Gasteiger partial charge in [-0.3, -0.25) is 4.79 Å². The summed E-state index contributed by atoms with van der Waals surface area (Å²) < 4.78 is 0.829. The fourth-order valence-corrected chi connectivity index (χ4v) is 2.52. The van der Waals surface area contributed by atoms with Crippen LogP contribution in [0.25, 0.3) is 0 Å². The summed E-state index contributed by atoms with van der Waals surface area (Å²) in [6, 6.07) is 7.91. The molecule has 0 aliphatic heterocycles. The first-order valence-electron chi connectivity index (χ1n) is 5.48. The molecule has 86 valence electrons. The van der Waals surface area contributed by atoms with Crippen LogP contribution in [0.1, 0.15) is 29.6 Å². The minimum Gasteiger partial charge on any atom is -0.349 e. The van der Waals surface area contributed by atoms with Gasteiger partial charge in [-0.1, -0.05) is 12.1 Å². The van der Waals surface area contributed by atoms with Crippen molar-refractivity contribution in [3.63, 3.8) is 0 Å². The van der Waals surface area contributed by atoms with Crippen molar-refractivity contribution in [2.24, 2.45) is 5.73 Å². The molecule has 1 aromatic rings. The monoisotopic (exact) mass is 282 g/mol. The second-order valence-electron chi connectivity index (χ2n) is 4.22. The molecule has 1 fully saturated rings. The maximum absolute atomic E-state index is 11.9. The fraction of sp³-hybridized carbons (Fsp3) is 0.417. The lowest BCUT2D eigenvalue weighted by molar-refractivity contribution is 0.0937. The third kappa shape index (κ3) is 2.62. The van der Waals surface area contributed by atoms with Crippen LogP contribution in [0, 0.1) is 0 Å². The average molecular weight is 283 g/mol. The molecule has 4 heteroatoms. The van der Waals surface area contributed by atoms with Crippen LogP contribution in [0.5, 0.6) is 0 Å². The SMILES string of the molecule is NC1CCC(NC(=O)c2ccccc2Br)C1. The molecule has 1 aliphatic rings. The highest BCUT2D eigenvalue weighted by Crippen LogP contribution is 2.20. The largest absolute Gasteiger partial charge is 0.349 e. The second-order valence-corrected chi connectivity index (χ2v) is 5.08. The van der Waals surface area contributed by atoms with Crippen LogP contribution < -0.4 is 11.1 Å². The molecule has 1 aliphatic carbocycles. The summed E-state index contributed by atoms with van der Waals surface area (Å²) in [7, 11) is 0. The summed E-state index contributed by atoms with van der Waals surface area (Å²) in [6.45, 7) is 0. The number of nitrogens with one attached hydrogen (secondary N) is 1. The smallest absolute Gasteiger partial charge is 0.252 e. The van der Waals surface area contributed by atoms with Crippen molar-refractivity contribution in [3.05, 3.63) is 34.3 Å². The quantitative estimate of drug-likeness (QED) is 0.873. The maximum atomic E-state index is 11.9. The Morgan fingerprint density at radius 2 is 2.12 bits per heavy atom. The van der Waals surface area contributed by atoms with E-state index in [0.29, 0.717) is 5.56 Å². The minimum absolute atomic E-state index is 0.0217. The molecule has 3 N–H and O–H groups in total. The van der Waals surface area contributed by atoms with Gasteiger partial charge in [-0.2, -0.15) is 0 Å². The van der Waals surface area contributed by atoms with Crippen LogP contribution in [-0.2, 0) is 0 Å². The molecule has 0 spiro atoms. The number of halogens is 1. The van der Waals surface area contributed by atoms with Crippen LogP contribution >= 0.6 is 15.9 Å². The van der Waals surface area contributed by atoms with Gasteiger partial charge in [0.15, 0.2) is 0 Å². The Morgan fingerprint density at radius 1 is 1.38 bits per heavy atom. The van der Waals surface area contributed by atoms with Crippen molar-refractivity contribution in [2.45, 2.75) is 31.3 Å². The van der Waals surface area contributed by atoms with Crippen molar-refractivity contribution < 1.29 is 4.79 Å². The van der Waals surface area contributed by atoms with E-state index in [1.807, 2.05) is 24.3 Å². The van der Waals surface area contributed by atoms with Gasteiger partial charge in [0.25, 0.3) is 5.91 Å². The van der Waals surface area contributed by atoms with E-state index in [-0.39, 0.29) is 18.0 Å². The van der Waals surface area contributed by atoms with Gasteiger partial charge < -0.3 is 11.1 Å². The van der Waals surface area contributed by atoms with E-state index in [9.17, 15) is 4.79 Å². The van der Waals surface area contributed by atoms with E-state index in [1.165, 1.54) is 0 Å². The molecule has 1 saturated carbocycles. The van der Waals surface area contributed by atoms with Crippen molar-refractivity contribution in [2.75, 3.05) is 0 Å². The molecule has 0 radical (unpaired) electrons. The van der Waals surface area contributed by atoms with Gasteiger partial charge in [0.2, 0.25) is 0 Å². The van der Waals surface area contributed by atoms with Gasteiger partial charge >= 0.3 is 0 Å². The van der Waals surface area contributed by atoms with Gasteiger partial charge in [0.05, 0.1) is 5.56 Å². The molecular formula is C12H15BrN2O. The van der Waals surface area contributed by atoms with Gasteiger partial charge in [0, 0.05) is 16.6 Å². The van der Waals surface area contributed by atoms with E-state index >= 15 is 0 Å². The third-order valence-electron chi connectivity index (χ3n) is 2.93. The van der Waals surface area contributed by atoms with Crippen molar-refractivity contribution >= 4 is 21.8 Å². The lowest BCUT2D eigenvalue weighted by atomic mass is 10.2. The van der Waals surface area contributed by atoms with Crippen LogP contribution in [0.2, 0.25) is 0 Å². The average Bonchev–Trinajstić information content (AvgIpc) is 2.64. The summed E-state index contributed by atoms with van der Waals surface area (Å²) in [5.41, 5.74) is 6.49. The Kier molecular flexibility index (Phi) is 3.61. The number of carbonyl (C=O) groups excluding carboxylic acids is 1. The normalized spacial score (nSPS) is 24.4. The summed E-state index contributed by atoms with van der Waals surface area (Å²) in [6.07, 6.45) is 2.87. The molecule has 0 bridgehead atoms. The number of nitrogens with two attached hydrogens (primary N) is 1. The summed E-state index contributed by atoms with van der Waals surface area (Å²) >= 11 is 3.37. The summed E-state index contributed by atoms with van der Waals surface area (Å²) in [5, 5.41) is 3.02. The molecule has 2 rings (SSSR count). The zero-order valence-corrected chi connectivity index (χ0v) is 10.5. The first-order chi connectivity index (χ1) is 7.66. The van der Waals surface area contributed by atoms with Crippen LogP contribution in [-0.4, -0.2) is 18.0 Å². The molecule has 2 unspecified atom stereocenters. The Bertz CT molecular complexity index is 394. The molecule has 16 heavy (non-hydrogen) atoms. The van der Waals surface area contributed by atoms with Crippen LogP contribution in [0.3, 0.4) is 0 Å². The highest BCUT2D eigenvalue weighted by molar-refractivity contribution is 9.10. The number of carbonyl (C=O) groups is 1. The number of benzene rings is 1. The standard InChI is InChI=1S/C12H15BrN2O/c13-11-4-2-1-3-10(11)12(16)15-9-6-5-8(14)7-9/h1-4,8-9H,5-7,14H2,(H,15,16). The lowest BCUT2D eigenvalue weighted by Crippen LogP contribution is -2.34. The highest BCUT2D eigenvalue weighted by atomic mass is 79.9. The molecule has 2 atom stereocenters. The Hall–Kier alpha value is -0.870. The van der Waals surface area contributed by atoms with E-state index in [0.717, 1.165) is 23.7 Å². The Morgan fingerprint density at radius 3 is 2.75 bits per heavy atom. The molecular weight excluding hydrogens is 268 g/mol. The predicted octanol–water partition coefficient (Wildman–Crippen LogP) is 2.06. The summed E-state index contributed by atoms with van der Waals surface area (Å²) in [4.78, 5) is 11.9. The third-order valence-corrected chi connectivity index (χ3v) is 3.62. The minimum atomic E-state index is -0.0217. The Balaban J connectivity index is 2.01. The van der Waals surface area contributed by atoms with E-state index in [4.69, 9.17) is 5.73 Å². The van der Waals surface area contributed by atoms with Crippen molar-refractivity contribution in [3.8, 4) is 0 Å². The molecule has 0 aromatic heterocycles. The van der Waals surface area contributed by atoms with E-state index < -0.39 is 0 Å². The zero-order chi connectivity index (χ0) is 11.5.